The third kappa shape index (κ3) is 14.0. The van der Waals surface area contributed by atoms with Gasteiger partial charge in [-0.25, -0.2) is 4.79 Å². The van der Waals surface area contributed by atoms with E-state index in [0.717, 1.165) is 79.3 Å². The number of ether oxygens (including phenoxy) is 5. The molecule has 13 heteroatoms. The van der Waals surface area contributed by atoms with Gasteiger partial charge in [-0.1, -0.05) is 125 Å². The summed E-state index contributed by atoms with van der Waals surface area (Å²) in [5.74, 6) is -0.0434. The Balaban J connectivity index is 1.35. The van der Waals surface area contributed by atoms with Crippen LogP contribution in [0.5, 0.6) is 23.0 Å². The lowest BCUT2D eigenvalue weighted by Crippen LogP contribution is -2.70. The zero-order valence-electron chi connectivity index (χ0n) is 43.4. The first-order valence-corrected chi connectivity index (χ1v) is 26.9. The van der Waals surface area contributed by atoms with Crippen LogP contribution in [0.1, 0.15) is 159 Å². The van der Waals surface area contributed by atoms with Crippen LogP contribution in [-0.2, 0) is 27.5 Å². The molecule has 13 nitrogen and oxygen atoms in total. The highest BCUT2D eigenvalue weighted by atomic mass is 16.7. The lowest BCUT2D eigenvalue weighted by Gasteiger charge is -2.60. The number of oxime groups is 1. The fourth-order valence-electron chi connectivity index (χ4n) is 11.2. The van der Waals surface area contributed by atoms with E-state index < -0.39 is 29.4 Å². The average Bonchev–Trinajstić information content (AvgIpc) is 3.85. The van der Waals surface area contributed by atoms with Crippen molar-refractivity contribution in [3.63, 3.8) is 0 Å². The highest BCUT2D eigenvalue weighted by molar-refractivity contribution is 6.03. The highest BCUT2D eigenvalue weighted by Gasteiger charge is 2.65. The van der Waals surface area contributed by atoms with E-state index in [4.69, 9.17) is 33.7 Å². The minimum Gasteiger partial charge on any atom is -0.459 e. The van der Waals surface area contributed by atoms with Crippen LogP contribution in [0.2, 0.25) is 0 Å². The fraction of sp³-hybridized carbons (Fsp3) is 0.576. The third-order valence-corrected chi connectivity index (χ3v) is 14.5. The Morgan fingerprint density at radius 3 is 2.28 bits per heavy atom. The number of fused-ring (bicyclic) bond motifs is 3. The number of nitrogens with one attached hydrogen (secondary N) is 1. The molecule has 3 aromatic carbocycles. The molecule has 0 aromatic heterocycles. The van der Waals surface area contributed by atoms with Crippen LogP contribution in [0.15, 0.2) is 96.2 Å². The summed E-state index contributed by atoms with van der Waals surface area (Å²) in [5.41, 5.74) is 3.71. The van der Waals surface area contributed by atoms with Gasteiger partial charge in [0.15, 0.2) is 11.5 Å². The number of unbranched alkanes of at least 4 members (excludes halogenated alkanes) is 10. The number of hydrogen-bond donors (Lipinski definition) is 3. The molecule has 2 amide bonds. The number of allylic oxidation sites excluding steroid dienone is 1. The smallest absolute Gasteiger partial charge is 0.412 e. The first-order valence-electron chi connectivity index (χ1n) is 26.9. The Bertz CT molecular complexity index is 2290. The highest BCUT2D eigenvalue weighted by Crippen LogP contribution is 2.62. The molecule has 392 valence electrons. The van der Waals surface area contributed by atoms with Gasteiger partial charge in [-0.05, 0) is 112 Å². The first kappa shape index (κ1) is 54.4. The maximum Gasteiger partial charge on any atom is 0.412 e. The van der Waals surface area contributed by atoms with E-state index in [0.29, 0.717) is 48.8 Å². The summed E-state index contributed by atoms with van der Waals surface area (Å²) < 4.78 is 32.4. The lowest BCUT2D eigenvalue weighted by molar-refractivity contribution is -0.258. The van der Waals surface area contributed by atoms with E-state index in [1.54, 1.807) is 12.1 Å². The number of aliphatic hydroxyl groups is 2. The molecule has 1 saturated carbocycles. The molecule has 0 radical (unpaired) electrons. The SMILES string of the molecule is C=CCO[C@@]12Oc3ccc(OC(=O)NCc4ccccc4)cc3[C@H]3[C@H](CCCCO)[C@@H](CCCCO)C=C(C(=NOC(C)(C)C)C[C@@H]1N(Cc1ccc4c(c1)OCO4)C(=O)CCCCCCCCCCC)[C@H]32. The molecular weight excluding hydrogens is 911 g/mol. The molecule has 0 unspecified atom stereocenters. The van der Waals surface area contributed by atoms with Gasteiger partial charge in [0.05, 0.1) is 18.2 Å². The van der Waals surface area contributed by atoms with Crippen molar-refractivity contribution in [3.8, 4) is 23.0 Å². The van der Waals surface area contributed by atoms with Crippen molar-refractivity contribution >= 4 is 17.7 Å². The second kappa shape index (κ2) is 26.5. The predicted molar refractivity (Wildman–Crippen MR) is 280 cm³/mol. The molecule has 0 bridgehead atoms. The molecule has 2 heterocycles. The number of nitrogens with zero attached hydrogens (tertiary/aromatic N) is 2. The normalized spacial score (nSPS) is 22.3. The Hall–Kier alpha value is -5.37. The molecule has 3 aromatic rings. The minimum absolute atomic E-state index is 0.0102. The summed E-state index contributed by atoms with van der Waals surface area (Å²) in [4.78, 5) is 37.1. The van der Waals surface area contributed by atoms with E-state index >= 15 is 4.79 Å². The molecule has 2 aliphatic carbocycles. The van der Waals surface area contributed by atoms with Gasteiger partial charge in [0.25, 0.3) is 0 Å². The summed E-state index contributed by atoms with van der Waals surface area (Å²) in [6, 6.07) is 20.4. The van der Waals surface area contributed by atoms with Crippen LogP contribution in [-0.4, -0.2) is 76.9 Å². The topological polar surface area (TPSA) is 158 Å². The molecule has 7 rings (SSSR count). The molecule has 2 aliphatic heterocycles. The summed E-state index contributed by atoms with van der Waals surface area (Å²) in [6.07, 6.45) is 18.7. The molecule has 3 N–H and O–H groups in total. The zero-order chi connectivity index (χ0) is 50.9. The Morgan fingerprint density at radius 1 is 0.847 bits per heavy atom. The van der Waals surface area contributed by atoms with Gasteiger partial charge < -0.3 is 49.0 Å². The maximum absolute atomic E-state index is 15.4. The molecule has 1 fully saturated rings. The number of carbonyl (C=O) groups excluding carboxylic acids is 2. The second-order valence-electron chi connectivity index (χ2n) is 21.0. The van der Waals surface area contributed by atoms with Crippen molar-refractivity contribution in [1.29, 1.82) is 0 Å². The number of amides is 2. The summed E-state index contributed by atoms with van der Waals surface area (Å²) in [6.45, 7) is 13.2. The zero-order valence-corrected chi connectivity index (χ0v) is 43.4. The maximum atomic E-state index is 15.4. The van der Waals surface area contributed by atoms with Crippen LogP contribution in [0.3, 0.4) is 0 Å². The number of rotatable bonds is 28. The fourth-order valence-corrected chi connectivity index (χ4v) is 11.2. The van der Waals surface area contributed by atoms with Gasteiger partial charge in [-0.2, -0.15) is 0 Å². The Morgan fingerprint density at radius 2 is 1.56 bits per heavy atom. The number of carbonyl (C=O) groups is 2. The third-order valence-electron chi connectivity index (χ3n) is 14.5. The van der Waals surface area contributed by atoms with Gasteiger partial charge >= 0.3 is 6.09 Å². The Kier molecular flexibility index (Phi) is 20.1. The average molecular weight is 992 g/mol. The second-order valence-corrected chi connectivity index (χ2v) is 21.0. The van der Waals surface area contributed by atoms with Gasteiger partial charge in [-0.3, -0.25) is 4.79 Å². The van der Waals surface area contributed by atoms with Crippen molar-refractivity contribution in [2.45, 2.75) is 173 Å². The van der Waals surface area contributed by atoms with Crippen molar-refractivity contribution in [2.75, 3.05) is 26.6 Å². The van der Waals surface area contributed by atoms with Crippen molar-refractivity contribution in [2.24, 2.45) is 22.9 Å². The molecule has 6 atom stereocenters. The van der Waals surface area contributed by atoms with E-state index in [1.165, 1.54) is 32.1 Å². The molecular formula is C59H81N3O10. The van der Waals surface area contributed by atoms with Gasteiger partial charge in [-0.15, -0.1) is 6.58 Å². The van der Waals surface area contributed by atoms with Crippen molar-refractivity contribution in [1.82, 2.24) is 10.2 Å². The standard InChI is InChI=1S/C59H81N3O10/c1-6-8-9-10-11-12-13-14-18-27-54(65)62(40-43-28-30-51-52(35-43)68-41-67-51)53-38-49(61-72-58(3,4)5)47-36-44(25-19-21-32-63)46(26-20-22-33-64)55-48-37-45(70-57(66)60-39-42-23-16-15-17-24-42)29-31-50(48)71-59(53,56(47)55)69-34-7-2/h7,15-17,23-24,28-31,35-37,44,46,53,55-56,63-64H,2,6,8-14,18-22,25-27,32-34,38-41H2,1,3-5H3,(H,60,66)/t44-,46+,53-,55+,56+,59+/m0/s1. The van der Waals surface area contributed by atoms with Gasteiger partial charge in [0, 0.05) is 50.6 Å². The Labute approximate surface area is 428 Å². The lowest BCUT2D eigenvalue weighted by atomic mass is 9.55. The summed E-state index contributed by atoms with van der Waals surface area (Å²) in [5, 5.41) is 28.1. The molecule has 0 saturated heterocycles. The predicted octanol–water partition coefficient (Wildman–Crippen LogP) is 12.1. The van der Waals surface area contributed by atoms with E-state index in [1.807, 2.05) is 86.3 Å². The van der Waals surface area contributed by atoms with Crippen LogP contribution in [0, 0.1) is 17.8 Å². The molecule has 0 spiro atoms. The van der Waals surface area contributed by atoms with Crippen LogP contribution >= 0.6 is 0 Å². The van der Waals surface area contributed by atoms with Crippen molar-refractivity contribution < 1.29 is 48.3 Å². The van der Waals surface area contributed by atoms with Crippen LogP contribution in [0.25, 0.3) is 0 Å². The number of benzene rings is 3. The van der Waals surface area contributed by atoms with Crippen molar-refractivity contribution in [3.05, 3.63) is 108 Å². The van der Waals surface area contributed by atoms with Crippen LogP contribution in [0.4, 0.5) is 4.79 Å². The summed E-state index contributed by atoms with van der Waals surface area (Å²) >= 11 is 0. The monoisotopic (exact) mass is 992 g/mol. The quantitative estimate of drug-likeness (QED) is 0.0363. The van der Waals surface area contributed by atoms with Crippen LogP contribution < -0.4 is 24.3 Å². The molecule has 72 heavy (non-hydrogen) atoms. The summed E-state index contributed by atoms with van der Waals surface area (Å²) in [7, 11) is 0. The van der Waals surface area contributed by atoms with E-state index in [-0.39, 0.29) is 63.2 Å². The largest absolute Gasteiger partial charge is 0.459 e. The van der Waals surface area contributed by atoms with Gasteiger partial charge in [0.2, 0.25) is 18.5 Å². The van der Waals surface area contributed by atoms with E-state index in [2.05, 4.69) is 24.9 Å². The minimum atomic E-state index is -1.45. The van der Waals surface area contributed by atoms with E-state index in [9.17, 15) is 15.0 Å². The number of hydrogen-bond acceptors (Lipinski definition) is 11. The molecule has 4 aliphatic rings. The number of aliphatic hydroxyl groups excluding tert-OH is 2. The first-order chi connectivity index (χ1) is 35.0. The van der Waals surface area contributed by atoms with Gasteiger partial charge in [0.1, 0.15) is 23.1 Å².